The molecule has 0 aromatic rings. The quantitative estimate of drug-likeness (QED) is 0.164. The van der Waals surface area contributed by atoms with Crippen LogP contribution in [-0.4, -0.2) is 88.4 Å². The molecule has 0 bridgehead atoms. The number of aldehydes is 1. The van der Waals surface area contributed by atoms with Crippen LogP contribution in [0.15, 0.2) is 0 Å². The van der Waals surface area contributed by atoms with Gasteiger partial charge in [-0.05, 0) is 66.7 Å². The second-order valence-corrected chi connectivity index (χ2v) is 11.4. The summed E-state index contributed by atoms with van der Waals surface area (Å²) in [6, 6.07) is 0. The molecule has 0 amide bonds. The van der Waals surface area contributed by atoms with E-state index in [9.17, 15) is 14.4 Å². The summed E-state index contributed by atoms with van der Waals surface area (Å²) < 4.78 is 42.5. The van der Waals surface area contributed by atoms with Gasteiger partial charge in [0.25, 0.3) is 0 Å². The summed E-state index contributed by atoms with van der Waals surface area (Å²) in [5.41, 5.74) is 0. The van der Waals surface area contributed by atoms with Gasteiger partial charge in [0, 0.05) is 31.6 Å². The minimum Gasteiger partial charge on any atom is -0.466 e. The summed E-state index contributed by atoms with van der Waals surface area (Å²) in [5, 5.41) is 0. The van der Waals surface area contributed by atoms with Crippen LogP contribution in [0, 0.1) is 11.8 Å². The maximum absolute atomic E-state index is 11.6. The van der Waals surface area contributed by atoms with Gasteiger partial charge in [0.2, 0.25) is 0 Å². The zero-order valence-electron chi connectivity index (χ0n) is 27.7. The molecule has 0 aromatic carbocycles. The summed E-state index contributed by atoms with van der Waals surface area (Å²) in [6.07, 6.45) is 7.82. The van der Waals surface area contributed by atoms with Crippen LogP contribution >= 0.6 is 0 Å². The lowest BCUT2D eigenvalue weighted by atomic mass is 9.97. The summed E-state index contributed by atoms with van der Waals surface area (Å²) in [5.74, 6) is -1.54. The average molecular weight is 619 g/mol. The summed E-state index contributed by atoms with van der Waals surface area (Å²) in [6.45, 7) is 18.3. The third-order valence-corrected chi connectivity index (χ3v) is 7.76. The van der Waals surface area contributed by atoms with Gasteiger partial charge < -0.3 is 42.7 Å². The third-order valence-electron chi connectivity index (χ3n) is 7.76. The fourth-order valence-electron chi connectivity index (χ4n) is 4.89. The molecular formula is C32H58O11. The molecular weight excluding hydrogens is 560 g/mol. The topological polar surface area (TPSA) is 125 Å². The van der Waals surface area contributed by atoms with Crippen molar-refractivity contribution in [1.29, 1.82) is 0 Å². The highest BCUT2D eigenvalue weighted by molar-refractivity contribution is 5.72. The van der Waals surface area contributed by atoms with Crippen molar-refractivity contribution >= 4 is 18.2 Å². The first-order valence-corrected chi connectivity index (χ1v) is 16.1. The Morgan fingerprint density at radius 1 is 0.674 bits per heavy atom. The van der Waals surface area contributed by atoms with E-state index in [1.807, 2.05) is 48.5 Å². The van der Waals surface area contributed by atoms with E-state index in [1.54, 1.807) is 0 Å². The van der Waals surface area contributed by atoms with Crippen molar-refractivity contribution in [2.75, 3.05) is 52.9 Å². The van der Waals surface area contributed by atoms with Crippen molar-refractivity contribution in [2.45, 2.75) is 124 Å². The molecule has 252 valence electrons. The summed E-state index contributed by atoms with van der Waals surface area (Å²) in [4.78, 5) is 33.2. The van der Waals surface area contributed by atoms with Crippen LogP contribution in [0.2, 0.25) is 0 Å². The monoisotopic (exact) mass is 618 g/mol. The Morgan fingerprint density at radius 3 is 1.51 bits per heavy atom. The Labute approximate surface area is 258 Å². The SMILES string of the molecule is CCC(C=O)CCC1(C)OCCO1.CCOC(=O)C(CC)CCC1(C)OCCO1.CCOC(=O)CCCC1(C)OCCO1. The Bertz CT molecular complexity index is 769. The molecule has 3 aliphatic heterocycles. The van der Waals surface area contributed by atoms with Gasteiger partial charge in [-0.3, -0.25) is 9.59 Å². The van der Waals surface area contributed by atoms with Crippen LogP contribution in [0.25, 0.3) is 0 Å². The molecule has 11 heteroatoms. The number of hydrogen-bond donors (Lipinski definition) is 0. The molecule has 0 aliphatic carbocycles. The van der Waals surface area contributed by atoms with Crippen molar-refractivity contribution in [2.24, 2.45) is 11.8 Å². The molecule has 3 rings (SSSR count). The lowest BCUT2D eigenvalue weighted by molar-refractivity contribution is -0.157. The molecule has 43 heavy (non-hydrogen) atoms. The van der Waals surface area contributed by atoms with Crippen LogP contribution in [0.1, 0.15) is 106 Å². The number of carbonyl (C=O) groups excluding carboxylic acids is 3. The van der Waals surface area contributed by atoms with Gasteiger partial charge in [-0.25, -0.2) is 0 Å². The van der Waals surface area contributed by atoms with E-state index in [-0.39, 0.29) is 23.8 Å². The lowest BCUT2D eigenvalue weighted by Crippen LogP contribution is -2.28. The maximum Gasteiger partial charge on any atom is 0.308 e. The zero-order chi connectivity index (χ0) is 32.2. The second kappa shape index (κ2) is 21.2. The molecule has 3 aliphatic rings. The molecule has 0 aromatic heterocycles. The fourth-order valence-corrected chi connectivity index (χ4v) is 4.89. The minimum absolute atomic E-state index is 0.0374. The Kier molecular flexibility index (Phi) is 19.4. The van der Waals surface area contributed by atoms with Crippen molar-refractivity contribution in [3.8, 4) is 0 Å². The van der Waals surface area contributed by atoms with Crippen LogP contribution in [-0.2, 0) is 52.3 Å². The molecule has 3 saturated heterocycles. The predicted molar refractivity (Wildman–Crippen MR) is 160 cm³/mol. The number of esters is 2. The molecule has 3 heterocycles. The van der Waals surface area contributed by atoms with Crippen molar-refractivity contribution < 1.29 is 52.3 Å². The minimum atomic E-state index is -0.500. The molecule has 0 spiro atoms. The predicted octanol–water partition coefficient (Wildman–Crippen LogP) is 5.36. The first-order chi connectivity index (χ1) is 20.5. The standard InChI is InChI=1S/C12H22O4.C10H18O4.C10H18O3/c1-4-10(11(13)14-5-2)6-7-12(3)15-8-9-16-12;1-3-12-9(11)5-4-6-10(2)13-7-8-14-10;1-3-9(8-11)4-5-10(2)12-6-7-13-10/h10H,4-9H2,1-3H3;3-8H2,1-2H3;8-9H,3-7H2,1-2H3. The fraction of sp³-hybridized carbons (Fsp3) is 0.906. The summed E-state index contributed by atoms with van der Waals surface area (Å²) in [7, 11) is 0. The molecule has 2 unspecified atom stereocenters. The Hall–Kier alpha value is -1.63. The molecule has 2 atom stereocenters. The summed E-state index contributed by atoms with van der Waals surface area (Å²) >= 11 is 0. The average Bonchev–Trinajstić information content (AvgIpc) is 3.73. The van der Waals surface area contributed by atoms with E-state index in [2.05, 4.69) is 0 Å². The van der Waals surface area contributed by atoms with Crippen molar-refractivity contribution in [3.63, 3.8) is 0 Å². The van der Waals surface area contributed by atoms with Gasteiger partial charge in [0.15, 0.2) is 17.4 Å². The first kappa shape index (κ1) is 39.4. The molecule has 3 fully saturated rings. The van der Waals surface area contributed by atoms with E-state index in [1.165, 1.54) is 0 Å². The van der Waals surface area contributed by atoms with Gasteiger partial charge in [0.1, 0.15) is 6.29 Å². The van der Waals surface area contributed by atoms with Crippen molar-refractivity contribution in [1.82, 2.24) is 0 Å². The normalized spacial score (nSPS) is 21.0. The van der Waals surface area contributed by atoms with Crippen LogP contribution in [0.4, 0.5) is 0 Å². The Balaban J connectivity index is 0.000000324. The van der Waals surface area contributed by atoms with E-state index in [0.29, 0.717) is 59.3 Å². The van der Waals surface area contributed by atoms with Gasteiger partial charge >= 0.3 is 11.9 Å². The second-order valence-electron chi connectivity index (χ2n) is 11.4. The van der Waals surface area contributed by atoms with E-state index in [4.69, 9.17) is 37.9 Å². The van der Waals surface area contributed by atoms with E-state index < -0.39 is 17.4 Å². The maximum atomic E-state index is 11.6. The van der Waals surface area contributed by atoms with Crippen LogP contribution in [0.3, 0.4) is 0 Å². The largest absolute Gasteiger partial charge is 0.466 e. The van der Waals surface area contributed by atoms with Gasteiger partial charge in [-0.2, -0.15) is 0 Å². The molecule has 0 radical (unpaired) electrons. The highest BCUT2D eigenvalue weighted by Crippen LogP contribution is 2.28. The van der Waals surface area contributed by atoms with E-state index in [0.717, 1.165) is 57.7 Å². The third kappa shape index (κ3) is 16.3. The van der Waals surface area contributed by atoms with Crippen molar-refractivity contribution in [3.05, 3.63) is 0 Å². The van der Waals surface area contributed by atoms with Crippen LogP contribution < -0.4 is 0 Å². The number of ether oxygens (including phenoxy) is 8. The molecule has 0 saturated carbocycles. The van der Waals surface area contributed by atoms with Gasteiger partial charge in [0.05, 0.1) is 58.8 Å². The molecule has 11 nitrogen and oxygen atoms in total. The number of hydrogen-bond acceptors (Lipinski definition) is 11. The smallest absolute Gasteiger partial charge is 0.308 e. The first-order valence-electron chi connectivity index (χ1n) is 16.1. The van der Waals surface area contributed by atoms with Gasteiger partial charge in [-0.15, -0.1) is 0 Å². The molecule has 0 N–H and O–H groups in total. The van der Waals surface area contributed by atoms with Crippen LogP contribution in [0.5, 0.6) is 0 Å². The number of rotatable bonds is 16. The lowest BCUT2D eigenvalue weighted by Gasteiger charge is -2.24. The number of carbonyl (C=O) groups is 3. The van der Waals surface area contributed by atoms with E-state index >= 15 is 0 Å². The Morgan fingerprint density at radius 2 is 1.12 bits per heavy atom. The van der Waals surface area contributed by atoms with Gasteiger partial charge in [-0.1, -0.05) is 13.8 Å². The highest BCUT2D eigenvalue weighted by Gasteiger charge is 2.33. The zero-order valence-corrected chi connectivity index (χ0v) is 27.7. The highest BCUT2D eigenvalue weighted by atomic mass is 16.7.